The van der Waals surface area contributed by atoms with Crippen molar-refractivity contribution in [2.24, 2.45) is 0 Å². The molecule has 0 saturated carbocycles. The van der Waals surface area contributed by atoms with Gasteiger partial charge in [-0.2, -0.15) is 4.31 Å². The van der Waals surface area contributed by atoms with Crippen LogP contribution < -0.4 is 10.6 Å². The van der Waals surface area contributed by atoms with Gasteiger partial charge < -0.3 is 10.6 Å². The number of carbonyl (C=O) groups excluding carboxylic acids is 1. The van der Waals surface area contributed by atoms with E-state index in [0.717, 1.165) is 16.9 Å². The van der Waals surface area contributed by atoms with Crippen LogP contribution in [0.5, 0.6) is 0 Å². The highest BCUT2D eigenvalue weighted by Gasteiger charge is 2.24. The lowest BCUT2D eigenvalue weighted by Crippen LogP contribution is -2.40. The number of likely N-dealkylation sites (N-methyl/N-ethyl adjacent to an activating group) is 2. The maximum atomic E-state index is 12.3. The quantitative estimate of drug-likeness (QED) is 0.362. The van der Waals surface area contributed by atoms with Gasteiger partial charge >= 0.3 is 0 Å². The van der Waals surface area contributed by atoms with E-state index in [-0.39, 0.29) is 29.5 Å². The average molecular weight is 381 g/mol. The standard InChI is InChI=1S/C13H20N4O5S.ClH/c1-3-14-7-8-15-13(18)10-16(2)23(21,22)12-6-4-5-11(9-12)17(19)20;/h4-6,9,14H,3,7-8,10H2,1-2H3,(H,15,18);1H. The van der Waals surface area contributed by atoms with Crippen molar-refractivity contribution in [1.82, 2.24) is 14.9 Å². The molecule has 0 saturated heterocycles. The monoisotopic (exact) mass is 380 g/mol. The topological polar surface area (TPSA) is 122 Å². The fourth-order valence-electron chi connectivity index (χ4n) is 1.75. The minimum absolute atomic E-state index is 0. The first-order valence-corrected chi connectivity index (χ1v) is 8.41. The van der Waals surface area contributed by atoms with Crippen LogP contribution in [0.15, 0.2) is 29.2 Å². The van der Waals surface area contributed by atoms with E-state index in [0.29, 0.717) is 13.1 Å². The van der Waals surface area contributed by atoms with Gasteiger partial charge in [-0.15, -0.1) is 12.4 Å². The van der Waals surface area contributed by atoms with Gasteiger partial charge in [0, 0.05) is 32.3 Å². The number of hydrogen-bond donors (Lipinski definition) is 2. The van der Waals surface area contributed by atoms with E-state index in [4.69, 9.17) is 0 Å². The third kappa shape index (κ3) is 6.40. The molecule has 24 heavy (non-hydrogen) atoms. The van der Waals surface area contributed by atoms with Crippen LogP contribution in [-0.4, -0.2) is 56.8 Å². The van der Waals surface area contributed by atoms with Crippen molar-refractivity contribution in [3.8, 4) is 0 Å². The van der Waals surface area contributed by atoms with Crippen LogP contribution >= 0.6 is 12.4 Å². The second-order valence-electron chi connectivity index (χ2n) is 4.72. The Morgan fingerprint density at radius 3 is 2.58 bits per heavy atom. The van der Waals surface area contributed by atoms with E-state index in [1.165, 1.54) is 25.2 Å². The van der Waals surface area contributed by atoms with E-state index in [1.54, 1.807) is 0 Å². The van der Waals surface area contributed by atoms with E-state index >= 15 is 0 Å². The molecule has 0 heterocycles. The Labute approximate surface area is 147 Å². The van der Waals surface area contributed by atoms with Crippen LogP contribution in [-0.2, 0) is 14.8 Å². The molecule has 2 N–H and O–H groups in total. The molecule has 1 rings (SSSR count). The van der Waals surface area contributed by atoms with Gasteiger partial charge in [0.1, 0.15) is 0 Å². The molecular formula is C13H21ClN4O5S. The third-order valence-corrected chi connectivity index (χ3v) is 4.78. The van der Waals surface area contributed by atoms with Gasteiger partial charge in [0.15, 0.2) is 0 Å². The van der Waals surface area contributed by atoms with Gasteiger partial charge in [-0.25, -0.2) is 8.42 Å². The predicted octanol–water partition coefficient (Wildman–Crippen LogP) is 0.363. The molecule has 0 aliphatic rings. The molecule has 11 heteroatoms. The maximum absolute atomic E-state index is 12.3. The number of nitrogens with one attached hydrogen (secondary N) is 2. The number of benzene rings is 1. The molecule has 0 spiro atoms. The third-order valence-electron chi connectivity index (χ3n) is 2.98. The van der Waals surface area contributed by atoms with Crippen LogP contribution in [0.3, 0.4) is 0 Å². The second-order valence-corrected chi connectivity index (χ2v) is 6.76. The summed E-state index contributed by atoms with van der Waals surface area (Å²) in [7, 11) is -2.72. The number of halogens is 1. The summed E-state index contributed by atoms with van der Waals surface area (Å²) < 4.78 is 25.5. The van der Waals surface area contributed by atoms with E-state index in [2.05, 4.69) is 10.6 Å². The average Bonchev–Trinajstić information content (AvgIpc) is 2.51. The molecule has 0 bridgehead atoms. The molecular weight excluding hydrogens is 360 g/mol. The van der Waals surface area contributed by atoms with Crippen molar-refractivity contribution in [2.45, 2.75) is 11.8 Å². The van der Waals surface area contributed by atoms with Crippen molar-refractivity contribution < 1.29 is 18.1 Å². The van der Waals surface area contributed by atoms with Gasteiger partial charge in [-0.3, -0.25) is 14.9 Å². The van der Waals surface area contributed by atoms with Gasteiger partial charge in [0.25, 0.3) is 5.69 Å². The number of carbonyl (C=O) groups is 1. The number of nitro groups is 1. The van der Waals surface area contributed by atoms with Crippen molar-refractivity contribution >= 4 is 34.0 Å². The zero-order valence-electron chi connectivity index (χ0n) is 13.4. The molecule has 0 unspecified atom stereocenters. The predicted molar refractivity (Wildman–Crippen MR) is 91.7 cm³/mol. The van der Waals surface area contributed by atoms with Gasteiger partial charge in [-0.05, 0) is 12.6 Å². The van der Waals surface area contributed by atoms with Crippen LogP contribution in [0, 0.1) is 10.1 Å². The molecule has 1 aromatic rings. The first-order valence-electron chi connectivity index (χ1n) is 6.97. The summed E-state index contributed by atoms with van der Waals surface area (Å²) in [4.78, 5) is 21.5. The zero-order valence-corrected chi connectivity index (χ0v) is 15.0. The molecule has 0 atom stereocenters. The summed E-state index contributed by atoms with van der Waals surface area (Å²) in [6, 6.07) is 4.71. The Morgan fingerprint density at radius 2 is 2.00 bits per heavy atom. The van der Waals surface area contributed by atoms with Crippen LogP contribution in [0.1, 0.15) is 6.92 Å². The van der Waals surface area contributed by atoms with Crippen molar-refractivity contribution in [3.05, 3.63) is 34.4 Å². The normalized spacial score (nSPS) is 11.0. The number of hydrogen-bond acceptors (Lipinski definition) is 6. The minimum atomic E-state index is -3.97. The summed E-state index contributed by atoms with van der Waals surface area (Å²) in [5.74, 6) is -0.445. The SMILES string of the molecule is CCNCCNC(=O)CN(C)S(=O)(=O)c1cccc([N+](=O)[O-])c1.Cl. The molecule has 9 nitrogen and oxygen atoms in total. The van der Waals surface area contributed by atoms with E-state index in [9.17, 15) is 23.3 Å². The largest absolute Gasteiger partial charge is 0.354 e. The van der Waals surface area contributed by atoms with E-state index < -0.39 is 20.9 Å². The van der Waals surface area contributed by atoms with Crippen LogP contribution in [0.25, 0.3) is 0 Å². The van der Waals surface area contributed by atoms with Gasteiger partial charge in [0.05, 0.1) is 16.4 Å². The molecule has 0 aromatic heterocycles. The fraction of sp³-hybridized carbons (Fsp3) is 0.462. The highest BCUT2D eigenvalue weighted by atomic mass is 35.5. The van der Waals surface area contributed by atoms with Crippen molar-refractivity contribution in [1.29, 1.82) is 0 Å². The number of nitrogens with zero attached hydrogens (tertiary/aromatic N) is 2. The Hall–Kier alpha value is -1.75. The Morgan fingerprint density at radius 1 is 1.33 bits per heavy atom. The Kier molecular flexibility index (Phi) is 9.44. The highest BCUT2D eigenvalue weighted by Crippen LogP contribution is 2.19. The molecule has 136 valence electrons. The molecule has 0 aliphatic heterocycles. The number of sulfonamides is 1. The molecule has 0 aliphatic carbocycles. The smallest absolute Gasteiger partial charge is 0.270 e. The summed E-state index contributed by atoms with van der Waals surface area (Å²) in [5.41, 5.74) is -0.324. The number of non-ortho nitro benzene ring substituents is 1. The molecule has 0 fully saturated rings. The lowest BCUT2D eigenvalue weighted by atomic mass is 10.3. The number of nitro benzene ring substituents is 1. The van der Waals surface area contributed by atoms with Gasteiger partial charge in [0.2, 0.25) is 15.9 Å². The number of rotatable bonds is 9. The molecule has 0 radical (unpaired) electrons. The first kappa shape index (κ1) is 22.2. The number of amides is 1. The van der Waals surface area contributed by atoms with Crippen LogP contribution in [0.2, 0.25) is 0 Å². The fourth-order valence-corrected chi connectivity index (χ4v) is 2.91. The summed E-state index contributed by atoms with van der Waals surface area (Å²) in [5, 5.41) is 16.3. The highest BCUT2D eigenvalue weighted by molar-refractivity contribution is 7.89. The lowest BCUT2D eigenvalue weighted by molar-refractivity contribution is -0.385. The summed E-state index contributed by atoms with van der Waals surface area (Å²) in [6.45, 7) is 3.32. The minimum Gasteiger partial charge on any atom is -0.354 e. The van der Waals surface area contributed by atoms with Gasteiger partial charge in [-0.1, -0.05) is 13.0 Å². The first-order chi connectivity index (χ1) is 10.8. The Bertz CT molecular complexity index is 668. The van der Waals surface area contributed by atoms with Crippen molar-refractivity contribution in [2.75, 3.05) is 33.2 Å². The van der Waals surface area contributed by atoms with E-state index in [1.807, 2.05) is 6.92 Å². The maximum Gasteiger partial charge on any atom is 0.270 e. The van der Waals surface area contributed by atoms with Crippen molar-refractivity contribution in [3.63, 3.8) is 0 Å². The Balaban J connectivity index is 0.00000529. The zero-order chi connectivity index (χ0) is 17.5. The van der Waals surface area contributed by atoms with Crippen LogP contribution in [0.4, 0.5) is 5.69 Å². The molecule has 1 aromatic carbocycles. The summed E-state index contributed by atoms with van der Waals surface area (Å²) in [6.07, 6.45) is 0. The second kappa shape index (κ2) is 10.2. The summed E-state index contributed by atoms with van der Waals surface area (Å²) >= 11 is 0. The molecule has 1 amide bonds. The lowest BCUT2D eigenvalue weighted by Gasteiger charge is -2.16.